The number of carbonyl (C=O) groups excluding carboxylic acids is 2. The number of benzene rings is 4. The van der Waals surface area contributed by atoms with Gasteiger partial charge in [0.05, 0.1) is 20.8 Å². The Kier molecular flexibility index (Phi) is 13.1. The molecule has 0 unspecified atom stereocenters. The van der Waals surface area contributed by atoms with E-state index in [1.54, 1.807) is 47.1 Å². The SMILES string of the molecule is COc1ccc(CCNNC(=O)[C@@]2(CCC(=O)OC(C)(C)C)N=C(c3ccc(OCCCO)cc3)O[C@H]2c2ccc(-c3ccccc3)cc2)cc1OC. The van der Waals surface area contributed by atoms with Crippen molar-refractivity contribution in [2.24, 2.45) is 4.99 Å². The number of hydrogen-bond acceptors (Lipinski definition) is 10. The lowest BCUT2D eigenvalue weighted by Crippen LogP contribution is -2.53. The first kappa shape index (κ1) is 38.8. The van der Waals surface area contributed by atoms with Crippen molar-refractivity contribution in [1.82, 2.24) is 10.9 Å². The largest absolute Gasteiger partial charge is 0.494 e. The van der Waals surface area contributed by atoms with Gasteiger partial charge in [0.25, 0.3) is 5.91 Å². The van der Waals surface area contributed by atoms with Crippen LogP contribution in [0.25, 0.3) is 11.1 Å². The van der Waals surface area contributed by atoms with Crippen molar-refractivity contribution in [3.05, 3.63) is 114 Å². The minimum atomic E-state index is -1.55. The maximum Gasteiger partial charge on any atom is 0.306 e. The molecule has 53 heavy (non-hydrogen) atoms. The van der Waals surface area contributed by atoms with E-state index < -0.39 is 29.1 Å². The lowest BCUT2D eigenvalue weighted by molar-refractivity contribution is -0.155. The summed E-state index contributed by atoms with van der Waals surface area (Å²) in [6.45, 7) is 6.22. The van der Waals surface area contributed by atoms with Crippen LogP contribution in [0.4, 0.5) is 0 Å². The second-order valence-corrected chi connectivity index (χ2v) is 13.7. The predicted molar refractivity (Wildman–Crippen MR) is 203 cm³/mol. The number of rotatable bonds is 17. The molecule has 2 atom stereocenters. The topological polar surface area (TPSA) is 137 Å². The van der Waals surface area contributed by atoms with Gasteiger partial charge in [-0.15, -0.1) is 0 Å². The molecule has 0 saturated heterocycles. The smallest absolute Gasteiger partial charge is 0.306 e. The van der Waals surface area contributed by atoms with E-state index in [9.17, 15) is 9.59 Å². The highest BCUT2D eigenvalue weighted by Crippen LogP contribution is 2.44. The summed E-state index contributed by atoms with van der Waals surface area (Å²) < 4.78 is 28.8. The number of carbonyl (C=O) groups is 2. The van der Waals surface area contributed by atoms with Gasteiger partial charge >= 0.3 is 5.97 Å². The van der Waals surface area contributed by atoms with Crippen molar-refractivity contribution in [3.8, 4) is 28.4 Å². The number of hydrazine groups is 1. The number of aliphatic hydroxyl groups is 1. The van der Waals surface area contributed by atoms with E-state index in [-0.39, 0.29) is 25.3 Å². The number of aliphatic hydroxyl groups excluding tert-OH is 1. The van der Waals surface area contributed by atoms with E-state index in [0.717, 1.165) is 22.3 Å². The molecule has 0 aromatic heterocycles. The second kappa shape index (κ2) is 17.9. The predicted octanol–water partition coefficient (Wildman–Crippen LogP) is 6.37. The van der Waals surface area contributed by atoms with E-state index >= 15 is 0 Å². The summed E-state index contributed by atoms with van der Waals surface area (Å²) in [5, 5.41) is 9.12. The average Bonchev–Trinajstić information content (AvgIpc) is 3.56. The van der Waals surface area contributed by atoms with Crippen LogP contribution in [0.15, 0.2) is 102 Å². The zero-order valence-electron chi connectivity index (χ0n) is 31.0. The Morgan fingerprint density at radius 1 is 0.868 bits per heavy atom. The normalized spacial score (nSPS) is 16.6. The Morgan fingerprint density at radius 2 is 1.55 bits per heavy atom. The Morgan fingerprint density at radius 3 is 2.21 bits per heavy atom. The van der Waals surface area contributed by atoms with E-state index in [0.29, 0.717) is 48.8 Å². The third kappa shape index (κ3) is 10.1. The maximum atomic E-state index is 14.5. The van der Waals surface area contributed by atoms with Gasteiger partial charge in [0.2, 0.25) is 5.90 Å². The third-order valence-electron chi connectivity index (χ3n) is 8.67. The quantitative estimate of drug-likeness (QED) is 0.0645. The number of aliphatic imine (C=N–C) groups is 1. The van der Waals surface area contributed by atoms with Crippen molar-refractivity contribution in [1.29, 1.82) is 0 Å². The van der Waals surface area contributed by atoms with Crippen LogP contribution in [0.2, 0.25) is 0 Å². The summed E-state index contributed by atoms with van der Waals surface area (Å²) in [7, 11) is 3.17. The highest BCUT2D eigenvalue weighted by molar-refractivity contribution is 6.01. The highest BCUT2D eigenvalue weighted by atomic mass is 16.6. The fraction of sp³-hybridized carbons (Fsp3) is 0.357. The van der Waals surface area contributed by atoms with Gasteiger partial charge in [0.1, 0.15) is 11.4 Å². The first-order valence-corrected chi connectivity index (χ1v) is 17.8. The number of methoxy groups -OCH3 is 2. The zero-order valence-corrected chi connectivity index (χ0v) is 31.0. The molecule has 1 heterocycles. The molecule has 0 aliphatic carbocycles. The summed E-state index contributed by atoms with van der Waals surface area (Å²) in [5.74, 6) is 1.23. The molecule has 0 bridgehead atoms. The molecule has 4 aromatic carbocycles. The van der Waals surface area contributed by atoms with Gasteiger partial charge < -0.3 is 28.8 Å². The Bertz CT molecular complexity index is 1840. The van der Waals surface area contributed by atoms with Gasteiger partial charge in [-0.1, -0.05) is 60.7 Å². The lowest BCUT2D eigenvalue weighted by atomic mass is 9.83. The van der Waals surface area contributed by atoms with Crippen molar-refractivity contribution < 1.29 is 38.4 Å². The lowest BCUT2D eigenvalue weighted by Gasteiger charge is -2.31. The maximum absolute atomic E-state index is 14.5. The van der Waals surface area contributed by atoms with Crippen molar-refractivity contribution in [2.75, 3.05) is 34.0 Å². The van der Waals surface area contributed by atoms with Gasteiger partial charge in [-0.2, -0.15) is 0 Å². The fourth-order valence-electron chi connectivity index (χ4n) is 6.03. The molecule has 0 saturated carbocycles. The molecule has 0 fully saturated rings. The van der Waals surface area contributed by atoms with Gasteiger partial charge in [-0.3, -0.25) is 15.0 Å². The number of nitrogens with one attached hydrogen (secondary N) is 2. The number of hydrogen-bond donors (Lipinski definition) is 3. The fourth-order valence-corrected chi connectivity index (χ4v) is 6.03. The monoisotopic (exact) mass is 723 g/mol. The van der Waals surface area contributed by atoms with Crippen LogP contribution in [0.3, 0.4) is 0 Å². The number of esters is 1. The second-order valence-electron chi connectivity index (χ2n) is 13.7. The minimum Gasteiger partial charge on any atom is -0.494 e. The first-order chi connectivity index (χ1) is 25.5. The molecule has 1 aliphatic rings. The van der Waals surface area contributed by atoms with Crippen molar-refractivity contribution in [2.45, 2.75) is 63.7 Å². The summed E-state index contributed by atoms with van der Waals surface area (Å²) in [4.78, 5) is 32.7. The standard InChI is InChI=1S/C42H49N3O8/c1-41(2,3)53-37(47)22-24-42(40(48)45-43-25-23-29-12-21-35(49-4)36(28-29)50-5)38(32-15-13-31(14-16-32)30-10-7-6-8-11-30)52-39(44-42)33-17-19-34(20-18-33)51-27-9-26-46/h6-8,10-21,28,38,43,46H,9,22-27H2,1-5H3,(H,45,48)/t38-,42-/m0/s1. The molecular weight excluding hydrogens is 674 g/mol. The Balaban J connectivity index is 1.46. The minimum absolute atomic E-state index is 0.0159. The summed E-state index contributed by atoms with van der Waals surface area (Å²) in [6.07, 6.45) is 0.153. The van der Waals surface area contributed by atoms with Crippen LogP contribution >= 0.6 is 0 Å². The van der Waals surface area contributed by atoms with E-state index in [2.05, 4.69) is 10.9 Å². The van der Waals surface area contributed by atoms with E-state index in [1.807, 2.05) is 84.9 Å². The van der Waals surface area contributed by atoms with Crippen LogP contribution in [0.1, 0.15) is 62.8 Å². The zero-order chi connectivity index (χ0) is 37.8. The average molecular weight is 724 g/mol. The molecule has 11 nitrogen and oxygen atoms in total. The highest BCUT2D eigenvalue weighted by Gasteiger charge is 2.53. The molecule has 1 amide bonds. The van der Waals surface area contributed by atoms with Crippen LogP contribution < -0.4 is 25.1 Å². The molecule has 5 rings (SSSR count). The van der Waals surface area contributed by atoms with E-state index in [1.165, 1.54) is 0 Å². The number of nitrogens with zero attached hydrogens (tertiary/aromatic N) is 1. The molecular formula is C42H49N3O8. The van der Waals surface area contributed by atoms with Crippen LogP contribution in [0.5, 0.6) is 17.2 Å². The van der Waals surface area contributed by atoms with Crippen LogP contribution in [-0.2, 0) is 25.5 Å². The molecule has 3 N–H and O–H groups in total. The molecule has 4 aromatic rings. The molecule has 280 valence electrons. The Hall–Kier alpha value is -5.39. The van der Waals surface area contributed by atoms with Crippen LogP contribution in [0, 0.1) is 0 Å². The van der Waals surface area contributed by atoms with Gasteiger partial charge in [-0.25, -0.2) is 10.4 Å². The van der Waals surface area contributed by atoms with Crippen molar-refractivity contribution >= 4 is 17.8 Å². The van der Waals surface area contributed by atoms with Crippen LogP contribution in [-0.4, -0.2) is 68.0 Å². The van der Waals surface area contributed by atoms with Gasteiger partial charge in [0.15, 0.2) is 23.1 Å². The van der Waals surface area contributed by atoms with E-state index in [4.69, 9.17) is 33.8 Å². The first-order valence-electron chi connectivity index (χ1n) is 17.8. The molecule has 1 aliphatic heterocycles. The summed E-state index contributed by atoms with van der Waals surface area (Å²) in [6, 6.07) is 30.7. The molecule has 0 spiro atoms. The molecule has 0 radical (unpaired) electrons. The number of amides is 1. The van der Waals surface area contributed by atoms with Gasteiger partial charge in [0, 0.05) is 31.6 Å². The summed E-state index contributed by atoms with van der Waals surface area (Å²) >= 11 is 0. The Labute approximate surface area is 311 Å². The van der Waals surface area contributed by atoms with Crippen molar-refractivity contribution in [3.63, 3.8) is 0 Å². The summed E-state index contributed by atoms with van der Waals surface area (Å²) in [5.41, 5.74) is 8.10. The third-order valence-corrected chi connectivity index (χ3v) is 8.67. The molecule has 11 heteroatoms. The van der Waals surface area contributed by atoms with Gasteiger partial charge in [-0.05, 0) is 92.3 Å². The number of ether oxygens (including phenoxy) is 5.